The lowest BCUT2D eigenvalue weighted by molar-refractivity contribution is -0.128. The molecule has 2 N–H and O–H groups in total. The van der Waals surface area contributed by atoms with Gasteiger partial charge in [-0.1, -0.05) is 0 Å². The van der Waals surface area contributed by atoms with Gasteiger partial charge in [-0.3, -0.25) is 4.79 Å². The number of rotatable bonds is 2. The summed E-state index contributed by atoms with van der Waals surface area (Å²) in [5, 5.41) is 0. The maximum atomic E-state index is 11.5. The molecule has 0 spiro atoms. The molecule has 4 heteroatoms. The molecule has 4 nitrogen and oxygen atoms in total. The lowest BCUT2D eigenvalue weighted by atomic mass is 10.1. The number of amides is 1. The molecule has 2 aliphatic heterocycles. The lowest BCUT2D eigenvalue weighted by Gasteiger charge is -2.20. The van der Waals surface area contributed by atoms with Gasteiger partial charge >= 0.3 is 0 Å². The number of carbonyl (C=O) groups excluding carboxylic acids is 1. The zero-order valence-corrected chi connectivity index (χ0v) is 8.78. The van der Waals surface area contributed by atoms with Gasteiger partial charge in [-0.25, -0.2) is 0 Å². The van der Waals surface area contributed by atoms with Crippen LogP contribution in [0.1, 0.15) is 12.8 Å². The third-order valence-corrected chi connectivity index (χ3v) is 3.21. The summed E-state index contributed by atoms with van der Waals surface area (Å²) in [6.45, 7) is 3.97. The van der Waals surface area contributed by atoms with Crippen LogP contribution < -0.4 is 5.73 Å². The first-order valence-corrected chi connectivity index (χ1v) is 5.37. The number of nitrogens with two attached hydrogens (primary N) is 1. The van der Waals surface area contributed by atoms with E-state index in [2.05, 4.69) is 11.9 Å². The molecule has 14 heavy (non-hydrogen) atoms. The Morgan fingerprint density at radius 3 is 2.79 bits per heavy atom. The molecule has 0 aromatic carbocycles. The van der Waals surface area contributed by atoms with Gasteiger partial charge in [0.05, 0.1) is 0 Å². The highest BCUT2D eigenvalue weighted by Crippen LogP contribution is 2.18. The smallest absolute Gasteiger partial charge is 0.224 e. The highest BCUT2D eigenvalue weighted by Gasteiger charge is 2.30. The van der Waals surface area contributed by atoms with Crippen molar-refractivity contribution in [3.63, 3.8) is 0 Å². The van der Waals surface area contributed by atoms with E-state index in [1.807, 2.05) is 4.90 Å². The molecule has 2 unspecified atom stereocenters. The van der Waals surface area contributed by atoms with Crippen molar-refractivity contribution in [1.82, 2.24) is 9.80 Å². The van der Waals surface area contributed by atoms with Crippen LogP contribution >= 0.6 is 0 Å². The quantitative estimate of drug-likeness (QED) is 0.649. The van der Waals surface area contributed by atoms with E-state index in [4.69, 9.17) is 5.73 Å². The van der Waals surface area contributed by atoms with Gasteiger partial charge < -0.3 is 15.5 Å². The van der Waals surface area contributed by atoms with Gasteiger partial charge in [-0.05, 0) is 25.9 Å². The molecule has 0 radical (unpaired) electrons. The molecular formula is C10H19N3O. The van der Waals surface area contributed by atoms with Gasteiger partial charge in [-0.15, -0.1) is 0 Å². The van der Waals surface area contributed by atoms with Gasteiger partial charge in [0.2, 0.25) is 5.91 Å². The van der Waals surface area contributed by atoms with Crippen LogP contribution in [0.15, 0.2) is 0 Å². The van der Waals surface area contributed by atoms with Crippen LogP contribution in [0.3, 0.4) is 0 Å². The van der Waals surface area contributed by atoms with Crippen molar-refractivity contribution in [1.29, 1.82) is 0 Å². The van der Waals surface area contributed by atoms with Gasteiger partial charge in [-0.2, -0.15) is 0 Å². The molecule has 0 aromatic heterocycles. The summed E-state index contributed by atoms with van der Waals surface area (Å²) in [6.07, 6.45) is 1.76. The van der Waals surface area contributed by atoms with Crippen molar-refractivity contribution in [2.24, 2.45) is 11.7 Å². The van der Waals surface area contributed by atoms with Gasteiger partial charge in [0.25, 0.3) is 0 Å². The van der Waals surface area contributed by atoms with Crippen molar-refractivity contribution in [3.8, 4) is 0 Å². The Morgan fingerprint density at radius 2 is 2.29 bits per heavy atom. The molecule has 2 atom stereocenters. The molecular weight excluding hydrogens is 178 g/mol. The van der Waals surface area contributed by atoms with Crippen LogP contribution in [0.25, 0.3) is 0 Å². The Kier molecular flexibility index (Phi) is 2.74. The second-order valence-electron chi connectivity index (χ2n) is 4.68. The summed E-state index contributed by atoms with van der Waals surface area (Å²) in [7, 11) is 2.14. The molecule has 2 heterocycles. The molecule has 2 rings (SSSR count). The first-order chi connectivity index (χ1) is 6.65. The van der Waals surface area contributed by atoms with Gasteiger partial charge in [0.1, 0.15) is 0 Å². The van der Waals surface area contributed by atoms with Crippen LogP contribution in [0.2, 0.25) is 0 Å². The van der Waals surface area contributed by atoms with E-state index in [0.717, 1.165) is 19.6 Å². The molecule has 2 aliphatic rings. The Hall–Kier alpha value is -0.610. The van der Waals surface area contributed by atoms with Crippen molar-refractivity contribution < 1.29 is 4.79 Å². The van der Waals surface area contributed by atoms with E-state index in [1.165, 1.54) is 13.0 Å². The minimum atomic E-state index is 0.0710. The van der Waals surface area contributed by atoms with Gasteiger partial charge in [0, 0.05) is 32.1 Å². The van der Waals surface area contributed by atoms with Crippen LogP contribution in [0.5, 0.6) is 0 Å². The van der Waals surface area contributed by atoms with E-state index in [0.29, 0.717) is 12.3 Å². The SMILES string of the molecule is CN1CCC(CN2CC(N)CC2=O)C1. The third-order valence-electron chi connectivity index (χ3n) is 3.21. The van der Waals surface area contributed by atoms with E-state index in [9.17, 15) is 4.79 Å². The average Bonchev–Trinajstić information content (AvgIpc) is 2.61. The fourth-order valence-corrected chi connectivity index (χ4v) is 2.47. The zero-order valence-electron chi connectivity index (χ0n) is 8.78. The molecule has 2 saturated heterocycles. The Morgan fingerprint density at radius 1 is 1.50 bits per heavy atom. The predicted octanol–water partition coefficient (Wildman–Crippen LogP) is -0.502. The van der Waals surface area contributed by atoms with E-state index in [-0.39, 0.29) is 11.9 Å². The summed E-state index contributed by atoms with van der Waals surface area (Å²) >= 11 is 0. The van der Waals surface area contributed by atoms with Crippen molar-refractivity contribution in [2.45, 2.75) is 18.9 Å². The van der Waals surface area contributed by atoms with E-state index >= 15 is 0 Å². The highest BCUT2D eigenvalue weighted by atomic mass is 16.2. The summed E-state index contributed by atoms with van der Waals surface area (Å²) in [5.41, 5.74) is 5.74. The first-order valence-electron chi connectivity index (χ1n) is 5.37. The van der Waals surface area contributed by atoms with Gasteiger partial charge in [0.15, 0.2) is 0 Å². The Balaban J connectivity index is 1.83. The van der Waals surface area contributed by atoms with E-state index < -0.39 is 0 Å². The van der Waals surface area contributed by atoms with Crippen LogP contribution in [-0.4, -0.2) is 55.0 Å². The number of nitrogens with zero attached hydrogens (tertiary/aromatic N) is 2. The molecule has 0 bridgehead atoms. The van der Waals surface area contributed by atoms with E-state index in [1.54, 1.807) is 0 Å². The average molecular weight is 197 g/mol. The Labute approximate surface area is 85.0 Å². The summed E-state index contributed by atoms with van der Waals surface area (Å²) in [6, 6.07) is 0.0710. The fourth-order valence-electron chi connectivity index (χ4n) is 2.47. The maximum absolute atomic E-state index is 11.5. The fraction of sp³-hybridized carbons (Fsp3) is 0.900. The predicted molar refractivity (Wildman–Crippen MR) is 54.8 cm³/mol. The Bertz CT molecular complexity index is 231. The molecule has 0 saturated carbocycles. The second-order valence-corrected chi connectivity index (χ2v) is 4.68. The standard InChI is InChI=1S/C10H19N3O/c1-12-3-2-8(5-12)6-13-7-9(11)4-10(13)14/h8-9H,2-7,11H2,1H3. The third kappa shape index (κ3) is 2.07. The van der Waals surface area contributed by atoms with Crippen molar-refractivity contribution in [2.75, 3.05) is 33.2 Å². The zero-order chi connectivity index (χ0) is 10.1. The molecule has 0 aromatic rings. The molecule has 2 fully saturated rings. The number of carbonyl (C=O) groups is 1. The molecule has 1 amide bonds. The minimum absolute atomic E-state index is 0.0710. The normalized spacial score (nSPS) is 34.4. The summed E-state index contributed by atoms with van der Waals surface area (Å²) < 4.78 is 0. The number of hydrogen-bond acceptors (Lipinski definition) is 3. The number of hydrogen-bond donors (Lipinski definition) is 1. The van der Waals surface area contributed by atoms with Crippen molar-refractivity contribution >= 4 is 5.91 Å². The largest absolute Gasteiger partial charge is 0.341 e. The minimum Gasteiger partial charge on any atom is -0.341 e. The molecule has 0 aliphatic carbocycles. The monoisotopic (exact) mass is 197 g/mol. The first kappa shape index (κ1) is 9.93. The maximum Gasteiger partial charge on any atom is 0.224 e. The topological polar surface area (TPSA) is 49.6 Å². The second kappa shape index (κ2) is 3.87. The summed E-state index contributed by atoms with van der Waals surface area (Å²) in [4.78, 5) is 15.7. The highest BCUT2D eigenvalue weighted by molar-refractivity contribution is 5.79. The number of likely N-dealkylation sites (tertiary alicyclic amines) is 2. The van der Waals surface area contributed by atoms with Crippen molar-refractivity contribution in [3.05, 3.63) is 0 Å². The van der Waals surface area contributed by atoms with Crippen LogP contribution in [0.4, 0.5) is 0 Å². The lowest BCUT2D eigenvalue weighted by Crippen LogP contribution is -2.33. The summed E-state index contributed by atoms with van der Waals surface area (Å²) in [5.74, 6) is 0.904. The van der Waals surface area contributed by atoms with Crippen LogP contribution in [-0.2, 0) is 4.79 Å². The molecule has 80 valence electrons. The van der Waals surface area contributed by atoms with Crippen LogP contribution in [0, 0.1) is 5.92 Å².